The van der Waals surface area contributed by atoms with Crippen LogP contribution in [0.5, 0.6) is 0 Å². The minimum absolute atomic E-state index is 0.373. The van der Waals surface area contributed by atoms with Crippen LogP contribution in [0.3, 0.4) is 0 Å². The molecule has 1 atom stereocenters. The first kappa shape index (κ1) is 13.1. The molecule has 0 aromatic heterocycles. The fraction of sp³-hybridized carbons (Fsp3) is 1.00. The summed E-state index contributed by atoms with van der Waals surface area (Å²) in [5, 5.41) is 0. The fourth-order valence-electron chi connectivity index (χ4n) is 1.16. The Labute approximate surface area is 81.7 Å². The van der Waals surface area contributed by atoms with Gasteiger partial charge in [0, 0.05) is 26.9 Å². The normalized spacial score (nSPS) is 14.5. The van der Waals surface area contributed by atoms with E-state index in [1.165, 1.54) is 0 Å². The van der Waals surface area contributed by atoms with Gasteiger partial charge in [-0.15, -0.1) is 0 Å². The molecule has 0 spiro atoms. The lowest BCUT2D eigenvalue weighted by Gasteiger charge is -2.27. The van der Waals surface area contributed by atoms with Gasteiger partial charge in [0.15, 0.2) is 0 Å². The quantitative estimate of drug-likeness (QED) is 0.629. The molecule has 0 aromatic rings. The summed E-state index contributed by atoms with van der Waals surface area (Å²) in [7, 11) is 0.860. The maximum atomic E-state index is 5.54. The fourth-order valence-corrected chi connectivity index (χ4v) is 3.47. The van der Waals surface area contributed by atoms with Crippen LogP contribution in [0.4, 0.5) is 0 Å². The molecule has 1 unspecified atom stereocenters. The van der Waals surface area contributed by atoms with Crippen molar-refractivity contribution in [1.29, 1.82) is 0 Å². The Bertz CT molecular complexity index is 131. The van der Waals surface area contributed by atoms with E-state index in [0.29, 0.717) is 19.1 Å². The molecular weight excluding hydrogens is 186 g/mol. The Balaban J connectivity index is 4.19. The first-order chi connectivity index (χ1) is 6.14. The van der Waals surface area contributed by atoms with Crippen LogP contribution < -0.4 is 5.73 Å². The van der Waals surface area contributed by atoms with Crippen LogP contribution >= 0.6 is 0 Å². The Hall–Kier alpha value is 0.0569. The molecule has 5 heteroatoms. The molecule has 0 radical (unpaired) electrons. The average molecular weight is 207 g/mol. The van der Waals surface area contributed by atoms with Gasteiger partial charge in [0.25, 0.3) is 0 Å². The summed E-state index contributed by atoms with van der Waals surface area (Å²) < 4.78 is 16.2. The molecular formula is C8H21NO3Si. The van der Waals surface area contributed by atoms with Gasteiger partial charge in [0.2, 0.25) is 0 Å². The van der Waals surface area contributed by atoms with Crippen molar-refractivity contribution in [3.8, 4) is 0 Å². The smallest absolute Gasteiger partial charge is 0.377 e. The van der Waals surface area contributed by atoms with Crippen molar-refractivity contribution in [2.45, 2.75) is 19.9 Å². The summed E-state index contributed by atoms with van der Waals surface area (Å²) in [5.74, 6) is 0.373. The molecule has 4 nitrogen and oxygen atoms in total. The van der Waals surface area contributed by atoms with Crippen LogP contribution in [0.2, 0.25) is 6.04 Å². The lowest BCUT2D eigenvalue weighted by Crippen LogP contribution is -2.46. The Morgan fingerprint density at radius 2 is 1.85 bits per heavy atom. The highest BCUT2D eigenvalue weighted by Crippen LogP contribution is 2.19. The third-order valence-corrected chi connectivity index (χ3v) is 5.16. The van der Waals surface area contributed by atoms with E-state index in [1.807, 2.05) is 6.92 Å². The summed E-state index contributed by atoms with van der Waals surface area (Å²) in [6, 6.07) is 0.782. The van der Waals surface area contributed by atoms with Crippen LogP contribution in [0.1, 0.15) is 13.8 Å². The van der Waals surface area contributed by atoms with Gasteiger partial charge in [-0.3, -0.25) is 0 Å². The zero-order chi connectivity index (χ0) is 10.3. The van der Waals surface area contributed by atoms with Gasteiger partial charge in [-0.1, -0.05) is 6.92 Å². The maximum absolute atomic E-state index is 5.54. The third-order valence-electron chi connectivity index (χ3n) is 1.99. The van der Waals surface area contributed by atoms with Crippen LogP contribution in [0, 0.1) is 5.92 Å². The molecule has 0 fully saturated rings. The van der Waals surface area contributed by atoms with Crippen molar-refractivity contribution >= 4 is 8.80 Å². The molecule has 0 heterocycles. The predicted octanol–water partition coefficient (Wildman–Crippen LogP) is 0.849. The van der Waals surface area contributed by atoms with Gasteiger partial charge in [-0.05, 0) is 19.4 Å². The molecule has 0 aliphatic carbocycles. The van der Waals surface area contributed by atoms with Crippen molar-refractivity contribution in [2.75, 3.05) is 27.4 Å². The zero-order valence-corrected chi connectivity index (χ0v) is 10.0. The molecule has 0 aromatic carbocycles. The van der Waals surface area contributed by atoms with Crippen molar-refractivity contribution in [3.05, 3.63) is 0 Å². The Morgan fingerprint density at radius 3 is 2.15 bits per heavy atom. The summed E-state index contributed by atoms with van der Waals surface area (Å²) in [5.41, 5.74) is 5.54. The Morgan fingerprint density at radius 1 is 1.31 bits per heavy atom. The van der Waals surface area contributed by atoms with Crippen molar-refractivity contribution in [2.24, 2.45) is 11.7 Å². The molecule has 13 heavy (non-hydrogen) atoms. The molecule has 0 rings (SSSR count). The second-order valence-electron chi connectivity index (χ2n) is 3.07. The van der Waals surface area contributed by atoms with Crippen LogP contribution in [0.25, 0.3) is 0 Å². The van der Waals surface area contributed by atoms with E-state index in [-0.39, 0.29) is 0 Å². The Kier molecular flexibility index (Phi) is 6.53. The lowest BCUT2D eigenvalue weighted by molar-refractivity contribution is 0.0998. The van der Waals surface area contributed by atoms with E-state index >= 15 is 0 Å². The second-order valence-corrected chi connectivity index (χ2v) is 5.95. The molecule has 2 N–H and O–H groups in total. The van der Waals surface area contributed by atoms with Crippen LogP contribution in [0.15, 0.2) is 0 Å². The van der Waals surface area contributed by atoms with Crippen LogP contribution in [-0.4, -0.2) is 36.2 Å². The largest absolute Gasteiger partial charge is 0.500 e. The van der Waals surface area contributed by atoms with E-state index in [4.69, 9.17) is 19.0 Å². The van der Waals surface area contributed by atoms with Crippen molar-refractivity contribution < 1.29 is 13.3 Å². The molecule has 0 aliphatic heterocycles. The van der Waals surface area contributed by atoms with E-state index in [2.05, 4.69) is 6.92 Å². The second kappa shape index (κ2) is 6.50. The summed E-state index contributed by atoms with van der Waals surface area (Å²) in [6.45, 7) is 5.26. The van der Waals surface area contributed by atoms with Gasteiger partial charge >= 0.3 is 8.80 Å². The summed E-state index contributed by atoms with van der Waals surface area (Å²) in [4.78, 5) is 0. The topological polar surface area (TPSA) is 53.7 Å². The number of rotatable bonds is 7. The van der Waals surface area contributed by atoms with E-state index in [1.54, 1.807) is 14.2 Å². The molecule has 0 aliphatic rings. The molecule has 0 amide bonds. The van der Waals surface area contributed by atoms with Gasteiger partial charge in [-0.25, -0.2) is 0 Å². The highest BCUT2D eigenvalue weighted by atomic mass is 28.4. The molecule has 0 bridgehead atoms. The van der Waals surface area contributed by atoms with Gasteiger partial charge < -0.3 is 19.0 Å². The predicted molar refractivity (Wildman–Crippen MR) is 54.4 cm³/mol. The molecule has 80 valence electrons. The van der Waals surface area contributed by atoms with E-state index in [9.17, 15) is 0 Å². The van der Waals surface area contributed by atoms with Gasteiger partial charge in [-0.2, -0.15) is 0 Å². The van der Waals surface area contributed by atoms with Gasteiger partial charge in [0.05, 0.1) is 0 Å². The first-order valence-electron chi connectivity index (χ1n) is 4.58. The zero-order valence-electron chi connectivity index (χ0n) is 9.00. The van der Waals surface area contributed by atoms with Gasteiger partial charge in [0.1, 0.15) is 0 Å². The van der Waals surface area contributed by atoms with Crippen molar-refractivity contribution in [1.82, 2.24) is 0 Å². The summed E-state index contributed by atoms with van der Waals surface area (Å²) >= 11 is 0. The molecule has 0 saturated carbocycles. The standard InChI is InChI=1S/C8H21NO3Si/c1-5-12-13(10-3,11-4)7-8(2)6-9/h8H,5-7,9H2,1-4H3. The average Bonchev–Trinajstić information content (AvgIpc) is 2.17. The first-order valence-corrected chi connectivity index (χ1v) is 6.51. The SMILES string of the molecule is CCO[Si](CC(C)CN)(OC)OC. The van der Waals surface area contributed by atoms with E-state index in [0.717, 1.165) is 6.04 Å². The number of nitrogens with two attached hydrogens (primary N) is 1. The highest BCUT2D eigenvalue weighted by molar-refractivity contribution is 6.60. The minimum atomic E-state index is -2.41. The van der Waals surface area contributed by atoms with E-state index < -0.39 is 8.80 Å². The molecule has 0 saturated heterocycles. The highest BCUT2D eigenvalue weighted by Gasteiger charge is 2.39. The monoisotopic (exact) mass is 207 g/mol. The third kappa shape index (κ3) is 4.19. The lowest BCUT2D eigenvalue weighted by atomic mass is 10.2. The minimum Gasteiger partial charge on any atom is -0.377 e. The number of hydrogen-bond donors (Lipinski definition) is 1. The van der Waals surface area contributed by atoms with Crippen LogP contribution in [-0.2, 0) is 13.3 Å². The summed E-state index contributed by atoms with van der Waals surface area (Å²) in [6.07, 6.45) is 0. The maximum Gasteiger partial charge on any atom is 0.500 e. The van der Waals surface area contributed by atoms with Crippen molar-refractivity contribution in [3.63, 3.8) is 0 Å². The number of hydrogen-bond acceptors (Lipinski definition) is 4.